The number of nitrogens with one attached hydrogen (secondary N) is 1. The minimum atomic E-state index is -0.488. The molecule has 1 spiro atoms. The molecule has 2 fully saturated rings. The van der Waals surface area contributed by atoms with Crippen LogP contribution in [0.5, 0.6) is 0 Å². The SMILES string of the molecule is O=C(N[C@H]1CCCC2(C1)OCCO2)c1cc(Cl)ccn1. The van der Waals surface area contributed by atoms with Crippen LogP contribution in [0.1, 0.15) is 36.2 Å². The predicted octanol–water partition coefficient (Wildman–Crippen LogP) is 2.15. The normalized spacial score (nSPS) is 24.8. The summed E-state index contributed by atoms with van der Waals surface area (Å²) in [5.74, 6) is -0.689. The molecule has 2 heterocycles. The molecule has 0 radical (unpaired) electrons. The van der Waals surface area contributed by atoms with Gasteiger partial charge in [-0.1, -0.05) is 11.6 Å². The Labute approximate surface area is 122 Å². The summed E-state index contributed by atoms with van der Waals surface area (Å²) in [6.45, 7) is 1.27. The molecule has 1 saturated heterocycles. The third-order valence-corrected chi connectivity index (χ3v) is 4.01. The van der Waals surface area contributed by atoms with Crippen LogP contribution in [-0.4, -0.2) is 35.9 Å². The number of nitrogens with zero attached hydrogens (tertiary/aromatic N) is 1. The second-order valence-corrected chi connectivity index (χ2v) is 5.67. The van der Waals surface area contributed by atoms with Crippen molar-refractivity contribution >= 4 is 17.5 Å². The molecule has 1 saturated carbocycles. The summed E-state index contributed by atoms with van der Waals surface area (Å²) in [5, 5.41) is 3.50. The van der Waals surface area contributed by atoms with Crippen LogP contribution in [-0.2, 0) is 9.47 Å². The highest BCUT2D eigenvalue weighted by atomic mass is 35.5. The van der Waals surface area contributed by atoms with Crippen LogP contribution in [0.2, 0.25) is 5.02 Å². The Kier molecular flexibility index (Phi) is 3.92. The second kappa shape index (κ2) is 5.68. The smallest absolute Gasteiger partial charge is 0.270 e. The molecule has 0 aromatic carbocycles. The molecule has 1 amide bonds. The lowest BCUT2D eigenvalue weighted by Gasteiger charge is -2.36. The van der Waals surface area contributed by atoms with Gasteiger partial charge in [0.25, 0.3) is 5.91 Å². The first-order valence-corrected chi connectivity index (χ1v) is 7.25. The van der Waals surface area contributed by atoms with Gasteiger partial charge in [0, 0.05) is 30.1 Å². The molecule has 1 aromatic rings. The molecule has 6 heteroatoms. The number of carbonyl (C=O) groups excluding carboxylic acids is 1. The van der Waals surface area contributed by atoms with Gasteiger partial charge >= 0.3 is 0 Å². The first kappa shape index (κ1) is 13.8. The van der Waals surface area contributed by atoms with Crippen molar-refractivity contribution in [1.82, 2.24) is 10.3 Å². The Morgan fingerprint density at radius 2 is 2.25 bits per heavy atom. The Morgan fingerprint density at radius 1 is 1.45 bits per heavy atom. The summed E-state index contributed by atoms with van der Waals surface area (Å²) in [4.78, 5) is 16.2. The highest BCUT2D eigenvalue weighted by Crippen LogP contribution is 2.35. The monoisotopic (exact) mass is 296 g/mol. The number of hydrogen-bond acceptors (Lipinski definition) is 4. The van der Waals surface area contributed by atoms with Crippen LogP contribution in [0.3, 0.4) is 0 Å². The zero-order chi connectivity index (χ0) is 14.0. The fourth-order valence-electron chi connectivity index (χ4n) is 2.87. The van der Waals surface area contributed by atoms with Gasteiger partial charge in [0.1, 0.15) is 5.69 Å². The fraction of sp³-hybridized carbons (Fsp3) is 0.571. The van der Waals surface area contributed by atoms with Crippen LogP contribution >= 0.6 is 11.6 Å². The van der Waals surface area contributed by atoms with Crippen LogP contribution in [0, 0.1) is 0 Å². The number of amides is 1. The van der Waals surface area contributed by atoms with Gasteiger partial charge in [0.2, 0.25) is 0 Å². The highest BCUT2D eigenvalue weighted by molar-refractivity contribution is 6.30. The van der Waals surface area contributed by atoms with Gasteiger partial charge in [-0.25, -0.2) is 0 Å². The lowest BCUT2D eigenvalue weighted by atomic mass is 9.89. The molecular formula is C14H17ClN2O3. The Hall–Kier alpha value is -1.17. The molecule has 1 aromatic heterocycles. The lowest BCUT2D eigenvalue weighted by Crippen LogP contribution is -2.46. The van der Waals surface area contributed by atoms with Gasteiger partial charge in [0.15, 0.2) is 5.79 Å². The molecule has 5 nitrogen and oxygen atoms in total. The number of halogens is 1. The number of rotatable bonds is 2. The number of hydrogen-bond donors (Lipinski definition) is 1. The van der Waals surface area contributed by atoms with Gasteiger partial charge in [-0.05, 0) is 25.0 Å². The summed E-state index contributed by atoms with van der Waals surface area (Å²) in [6, 6.07) is 3.27. The molecule has 1 atom stereocenters. The number of ether oxygens (including phenoxy) is 2. The zero-order valence-corrected chi connectivity index (χ0v) is 11.9. The van der Waals surface area contributed by atoms with Crippen molar-refractivity contribution in [1.29, 1.82) is 0 Å². The molecule has 0 bridgehead atoms. The van der Waals surface area contributed by atoms with Gasteiger partial charge < -0.3 is 14.8 Å². The largest absolute Gasteiger partial charge is 0.348 e. The van der Waals surface area contributed by atoms with E-state index in [9.17, 15) is 4.79 Å². The minimum absolute atomic E-state index is 0.0510. The Morgan fingerprint density at radius 3 is 3.00 bits per heavy atom. The molecule has 1 N–H and O–H groups in total. The van der Waals surface area contributed by atoms with Gasteiger partial charge in [-0.15, -0.1) is 0 Å². The van der Waals surface area contributed by atoms with Crippen molar-refractivity contribution in [2.24, 2.45) is 0 Å². The van der Waals surface area contributed by atoms with E-state index in [1.54, 1.807) is 12.1 Å². The number of aromatic nitrogens is 1. The summed E-state index contributed by atoms with van der Waals surface area (Å²) < 4.78 is 11.4. The average Bonchev–Trinajstić information content (AvgIpc) is 2.87. The maximum Gasteiger partial charge on any atom is 0.270 e. The molecule has 3 rings (SSSR count). The van der Waals surface area contributed by atoms with E-state index in [4.69, 9.17) is 21.1 Å². The van der Waals surface area contributed by atoms with E-state index < -0.39 is 5.79 Å². The molecule has 1 aliphatic heterocycles. The van der Waals surface area contributed by atoms with Crippen LogP contribution in [0.4, 0.5) is 0 Å². The van der Waals surface area contributed by atoms with E-state index in [-0.39, 0.29) is 11.9 Å². The van der Waals surface area contributed by atoms with Crippen molar-refractivity contribution in [3.63, 3.8) is 0 Å². The maximum atomic E-state index is 12.2. The minimum Gasteiger partial charge on any atom is -0.348 e. The van der Waals surface area contributed by atoms with Crippen molar-refractivity contribution in [2.45, 2.75) is 37.5 Å². The molecule has 108 valence electrons. The summed E-state index contributed by atoms with van der Waals surface area (Å²) in [5.41, 5.74) is 0.338. The molecular weight excluding hydrogens is 280 g/mol. The van der Waals surface area contributed by atoms with Gasteiger partial charge in [-0.3, -0.25) is 9.78 Å². The van der Waals surface area contributed by atoms with Crippen molar-refractivity contribution in [2.75, 3.05) is 13.2 Å². The summed E-state index contributed by atoms with van der Waals surface area (Å²) in [7, 11) is 0. The number of carbonyl (C=O) groups is 1. The first-order valence-electron chi connectivity index (χ1n) is 6.87. The van der Waals surface area contributed by atoms with Gasteiger partial charge in [0.05, 0.1) is 13.2 Å². The van der Waals surface area contributed by atoms with E-state index in [2.05, 4.69) is 10.3 Å². The number of pyridine rings is 1. The van der Waals surface area contributed by atoms with Crippen molar-refractivity contribution in [3.8, 4) is 0 Å². The quantitative estimate of drug-likeness (QED) is 0.908. The van der Waals surface area contributed by atoms with Crippen molar-refractivity contribution in [3.05, 3.63) is 29.0 Å². The van der Waals surface area contributed by atoms with Crippen LogP contribution in [0.25, 0.3) is 0 Å². The Balaban J connectivity index is 1.64. The summed E-state index contributed by atoms with van der Waals surface area (Å²) in [6.07, 6.45) is 5.03. The average molecular weight is 297 g/mol. The standard InChI is InChI=1S/C14H17ClN2O3/c15-10-3-5-16-12(8-10)13(18)17-11-2-1-4-14(9-11)19-6-7-20-14/h3,5,8,11H,1-2,4,6-7,9H2,(H,17,18)/t11-/m0/s1. The molecule has 20 heavy (non-hydrogen) atoms. The van der Waals surface area contributed by atoms with Crippen LogP contribution < -0.4 is 5.32 Å². The highest BCUT2D eigenvalue weighted by Gasteiger charge is 2.41. The molecule has 1 aliphatic carbocycles. The molecule has 0 unspecified atom stereocenters. The first-order chi connectivity index (χ1) is 9.67. The third kappa shape index (κ3) is 2.95. The third-order valence-electron chi connectivity index (χ3n) is 3.77. The zero-order valence-electron chi connectivity index (χ0n) is 11.1. The fourth-order valence-corrected chi connectivity index (χ4v) is 3.03. The van der Waals surface area contributed by atoms with E-state index >= 15 is 0 Å². The lowest BCUT2D eigenvalue weighted by molar-refractivity contribution is -0.181. The predicted molar refractivity (Wildman–Crippen MR) is 73.6 cm³/mol. The second-order valence-electron chi connectivity index (χ2n) is 5.23. The van der Waals surface area contributed by atoms with Gasteiger partial charge in [-0.2, -0.15) is 0 Å². The van der Waals surface area contributed by atoms with E-state index in [1.165, 1.54) is 6.20 Å². The maximum absolute atomic E-state index is 12.2. The van der Waals surface area contributed by atoms with E-state index in [1.807, 2.05) is 0 Å². The van der Waals surface area contributed by atoms with Crippen molar-refractivity contribution < 1.29 is 14.3 Å². The van der Waals surface area contributed by atoms with E-state index in [0.29, 0.717) is 30.4 Å². The summed E-state index contributed by atoms with van der Waals surface area (Å²) >= 11 is 5.87. The Bertz CT molecular complexity index is 503. The van der Waals surface area contributed by atoms with E-state index in [0.717, 1.165) is 19.3 Å². The topological polar surface area (TPSA) is 60.5 Å². The van der Waals surface area contributed by atoms with Crippen LogP contribution in [0.15, 0.2) is 18.3 Å². The molecule has 2 aliphatic rings.